The van der Waals surface area contributed by atoms with E-state index in [4.69, 9.17) is 18.6 Å². The molecule has 0 spiro atoms. The summed E-state index contributed by atoms with van der Waals surface area (Å²) in [5, 5.41) is 12.7. The number of aliphatic hydroxyl groups is 1. The number of carbonyl (C=O) groups is 4. The molecule has 1 aromatic rings. The Hall–Kier alpha value is -3.20. The molecule has 2 saturated carbocycles. The fourth-order valence-corrected chi connectivity index (χ4v) is 8.44. The number of esters is 3. The summed E-state index contributed by atoms with van der Waals surface area (Å²) in [5.41, 5.74) is -2.13. The van der Waals surface area contributed by atoms with Gasteiger partial charge < -0.3 is 23.7 Å². The molecule has 0 radical (unpaired) electrons. The van der Waals surface area contributed by atoms with E-state index in [0.717, 1.165) is 16.7 Å². The SMILES string of the molecule is CC=C(C)C(=O)O[C@H]1[C@H]2CC3=C4CC(=O)O[C@@H](c5ccoc5)[C@]4(C)CC[C@@H]3[C@@](C)(C2=O)[C@@](O)(CC(=O)OC)C1(C)C. The van der Waals surface area contributed by atoms with Crippen molar-refractivity contribution in [1.82, 2.24) is 0 Å². The fourth-order valence-electron chi connectivity index (χ4n) is 8.44. The number of hydrogen-bond donors (Lipinski definition) is 1. The zero-order valence-corrected chi connectivity index (χ0v) is 24.9. The Morgan fingerprint density at radius 2 is 1.90 bits per heavy atom. The van der Waals surface area contributed by atoms with Crippen molar-refractivity contribution in [3.05, 3.63) is 47.0 Å². The minimum atomic E-state index is -1.92. The maximum Gasteiger partial charge on any atom is 0.333 e. The van der Waals surface area contributed by atoms with Gasteiger partial charge in [-0.3, -0.25) is 14.4 Å². The summed E-state index contributed by atoms with van der Waals surface area (Å²) in [6.45, 7) is 10.7. The van der Waals surface area contributed by atoms with Crippen LogP contribution in [0.15, 0.2) is 45.8 Å². The normalized spacial score (nSPS) is 38.0. The van der Waals surface area contributed by atoms with Crippen LogP contribution in [-0.4, -0.2) is 47.6 Å². The Morgan fingerprint density at radius 1 is 1.20 bits per heavy atom. The molecule has 1 N–H and O–H groups in total. The molecule has 7 atom stereocenters. The standard InChI is InChI=1S/C32H40O9/c1-8-17(2)28(36)41-27-20-13-19-21(31(6,25(20)35)32(37,29(27,3)4)15-24(34)38-7)9-11-30(5)22(19)14-23(33)40-26(30)18-10-12-39-16-18/h8,10,12,16,20-21,26-27,37H,9,11,13-15H2,1-7H3/t20-,21-,26-,27-,30+,31-,32+/m0/s1. The monoisotopic (exact) mass is 568 g/mol. The summed E-state index contributed by atoms with van der Waals surface area (Å²) in [6.07, 6.45) is 4.22. The maximum atomic E-state index is 14.5. The van der Waals surface area contributed by atoms with Gasteiger partial charge in [-0.05, 0) is 57.6 Å². The summed E-state index contributed by atoms with van der Waals surface area (Å²) in [4.78, 5) is 53.4. The number of Topliss-reactive ketones (excluding diaryl/α,β-unsaturated/α-hetero) is 1. The van der Waals surface area contributed by atoms with E-state index in [1.807, 2.05) is 0 Å². The Labute approximate surface area is 240 Å². The van der Waals surface area contributed by atoms with E-state index in [-0.39, 0.29) is 18.2 Å². The first-order valence-corrected chi connectivity index (χ1v) is 14.3. The van der Waals surface area contributed by atoms with Crippen molar-refractivity contribution in [2.24, 2.45) is 28.1 Å². The summed E-state index contributed by atoms with van der Waals surface area (Å²) in [6, 6.07) is 1.79. The van der Waals surface area contributed by atoms with Crippen molar-refractivity contribution in [3.8, 4) is 0 Å². The van der Waals surface area contributed by atoms with Crippen molar-refractivity contribution in [3.63, 3.8) is 0 Å². The second-order valence-corrected chi connectivity index (χ2v) is 13.1. The lowest BCUT2D eigenvalue weighted by molar-refractivity contribution is -0.254. The van der Waals surface area contributed by atoms with Gasteiger partial charge in [0.2, 0.25) is 0 Å². The van der Waals surface area contributed by atoms with Crippen LogP contribution in [0.2, 0.25) is 0 Å². The Kier molecular flexibility index (Phi) is 6.92. The van der Waals surface area contributed by atoms with Gasteiger partial charge >= 0.3 is 17.9 Å². The van der Waals surface area contributed by atoms with Gasteiger partial charge in [-0.25, -0.2) is 4.79 Å². The van der Waals surface area contributed by atoms with E-state index in [2.05, 4.69) is 6.92 Å². The number of furan rings is 1. The van der Waals surface area contributed by atoms with Gasteiger partial charge in [-0.1, -0.05) is 32.4 Å². The smallest absolute Gasteiger partial charge is 0.333 e. The van der Waals surface area contributed by atoms with Crippen LogP contribution in [0.1, 0.15) is 85.3 Å². The van der Waals surface area contributed by atoms with Crippen LogP contribution in [0.3, 0.4) is 0 Å². The molecule has 2 heterocycles. The maximum absolute atomic E-state index is 14.5. The number of allylic oxidation sites excluding steroid dienone is 2. The first-order valence-electron chi connectivity index (χ1n) is 14.3. The average Bonchev–Trinajstić information content (AvgIpc) is 3.46. The number of methoxy groups -OCH3 is 1. The Bertz CT molecular complexity index is 1350. The third kappa shape index (κ3) is 3.91. The predicted octanol–water partition coefficient (Wildman–Crippen LogP) is 4.79. The van der Waals surface area contributed by atoms with Crippen LogP contribution in [0.5, 0.6) is 0 Å². The minimum absolute atomic E-state index is 0.0641. The zero-order valence-electron chi connectivity index (χ0n) is 24.9. The summed E-state index contributed by atoms with van der Waals surface area (Å²) < 4.78 is 22.3. The van der Waals surface area contributed by atoms with Crippen LogP contribution in [0.4, 0.5) is 0 Å². The highest BCUT2D eigenvalue weighted by Gasteiger charge is 2.75. The molecule has 1 aromatic heterocycles. The number of carbonyl (C=O) groups excluding carboxylic acids is 4. The third-order valence-corrected chi connectivity index (χ3v) is 11.0. The highest BCUT2D eigenvalue weighted by molar-refractivity contribution is 5.95. The van der Waals surface area contributed by atoms with Crippen molar-refractivity contribution in [2.75, 3.05) is 7.11 Å². The number of rotatable bonds is 5. The van der Waals surface area contributed by atoms with Crippen LogP contribution >= 0.6 is 0 Å². The number of ketones is 1. The van der Waals surface area contributed by atoms with E-state index in [9.17, 15) is 24.3 Å². The highest BCUT2D eigenvalue weighted by Crippen LogP contribution is 2.69. The summed E-state index contributed by atoms with van der Waals surface area (Å²) in [7, 11) is 1.24. The quantitative estimate of drug-likeness (QED) is 0.231. The van der Waals surface area contributed by atoms with Crippen LogP contribution in [0.25, 0.3) is 0 Å². The molecule has 1 aliphatic heterocycles. The van der Waals surface area contributed by atoms with Crippen molar-refractivity contribution < 1.29 is 42.9 Å². The van der Waals surface area contributed by atoms with Gasteiger partial charge in [0.1, 0.15) is 18.0 Å². The average molecular weight is 569 g/mol. The fraction of sp³-hybridized carbons (Fsp3) is 0.625. The number of ether oxygens (including phenoxy) is 3. The van der Waals surface area contributed by atoms with Crippen LogP contribution in [0, 0.1) is 28.1 Å². The van der Waals surface area contributed by atoms with E-state index in [1.54, 1.807) is 59.3 Å². The Balaban J connectivity index is 1.72. The molecule has 0 aromatic carbocycles. The molecule has 9 nitrogen and oxygen atoms in total. The molecule has 41 heavy (non-hydrogen) atoms. The van der Waals surface area contributed by atoms with Crippen molar-refractivity contribution >= 4 is 23.7 Å². The molecule has 2 bridgehead atoms. The molecular formula is C32H40O9. The molecule has 0 unspecified atom stereocenters. The van der Waals surface area contributed by atoms with Gasteiger partial charge in [0.05, 0.1) is 49.4 Å². The molecule has 9 heteroatoms. The molecule has 3 aliphatic carbocycles. The summed E-state index contributed by atoms with van der Waals surface area (Å²) >= 11 is 0. The first-order chi connectivity index (χ1) is 19.2. The molecule has 4 aliphatic rings. The van der Waals surface area contributed by atoms with Gasteiger partial charge in [-0.15, -0.1) is 0 Å². The van der Waals surface area contributed by atoms with Gasteiger partial charge in [-0.2, -0.15) is 0 Å². The van der Waals surface area contributed by atoms with Gasteiger partial charge in [0.15, 0.2) is 0 Å². The van der Waals surface area contributed by atoms with Crippen molar-refractivity contribution in [2.45, 2.75) is 91.5 Å². The molecule has 3 fully saturated rings. The lowest BCUT2D eigenvalue weighted by Crippen LogP contribution is -2.76. The van der Waals surface area contributed by atoms with Gasteiger partial charge in [0, 0.05) is 22.0 Å². The largest absolute Gasteiger partial charge is 0.472 e. The molecule has 0 amide bonds. The number of cyclic esters (lactones) is 1. The van der Waals surface area contributed by atoms with E-state index in [0.29, 0.717) is 24.8 Å². The lowest BCUT2D eigenvalue weighted by Gasteiger charge is -2.67. The van der Waals surface area contributed by atoms with E-state index in [1.165, 1.54) is 7.11 Å². The van der Waals surface area contributed by atoms with Gasteiger partial charge in [0.25, 0.3) is 0 Å². The highest BCUT2D eigenvalue weighted by atomic mass is 16.6. The predicted molar refractivity (Wildman–Crippen MR) is 146 cm³/mol. The second-order valence-electron chi connectivity index (χ2n) is 13.1. The van der Waals surface area contributed by atoms with Crippen LogP contribution < -0.4 is 0 Å². The minimum Gasteiger partial charge on any atom is -0.472 e. The zero-order chi connectivity index (χ0) is 30.1. The molecule has 5 rings (SSSR count). The van der Waals surface area contributed by atoms with Crippen molar-refractivity contribution in [1.29, 1.82) is 0 Å². The van der Waals surface area contributed by atoms with E-state index < -0.39 is 64.2 Å². The topological polar surface area (TPSA) is 129 Å². The van der Waals surface area contributed by atoms with Crippen LogP contribution in [-0.2, 0) is 33.4 Å². The third-order valence-electron chi connectivity index (χ3n) is 11.0. The summed E-state index contributed by atoms with van der Waals surface area (Å²) in [5.74, 6) is -3.05. The van der Waals surface area contributed by atoms with E-state index >= 15 is 0 Å². The Morgan fingerprint density at radius 3 is 2.51 bits per heavy atom. The molecule has 1 saturated heterocycles. The molecule has 222 valence electrons. The number of fused-ring (bicyclic) bond motifs is 5. The second kappa shape index (κ2) is 9.68. The number of hydrogen-bond acceptors (Lipinski definition) is 9. The first kappa shape index (κ1) is 29.3. The lowest BCUT2D eigenvalue weighted by atomic mass is 9.38. The molecular weight excluding hydrogens is 528 g/mol.